The fraction of sp³-hybridized carbons (Fsp3) is 0.429. The SMILES string of the molecule is COc1ccc(CCNC(=O)c2ccc(N3CCCC(C)C3)nc2)cc1. The zero-order chi connectivity index (χ0) is 18.4. The van der Waals surface area contributed by atoms with Crippen LogP contribution in [0.5, 0.6) is 5.75 Å². The van der Waals surface area contributed by atoms with Crippen LogP contribution in [-0.4, -0.2) is 37.6 Å². The molecule has 1 saturated heterocycles. The topological polar surface area (TPSA) is 54.5 Å². The highest BCUT2D eigenvalue weighted by molar-refractivity contribution is 5.94. The molecule has 2 heterocycles. The van der Waals surface area contributed by atoms with E-state index in [1.54, 1.807) is 13.3 Å². The van der Waals surface area contributed by atoms with Gasteiger partial charge in [0.2, 0.25) is 0 Å². The van der Waals surface area contributed by atoms with Crippen molar-refractivity contribution in [3.63, 3.8) is 0 Å². The molecule has 3 rings (SSSR count). The minimum absolute atomic E-state index is 0.0791. The van der Waals surface area contributed by atoms with Crippen LogP contribution >= 0.6 is 0 Å². The molecule has 1 atom stereocenters. The van der Waals surface area contributed by atoms with Crippen molar-refractivity contribution in [3.05, 3.63) is 53.7 Å². The second-order valence-electron chi connectivity index (χ2n) is 6.95. The molecule has 0 radical (unpaired) electrons. The Morgan fingerprint density at radius 1 is 1.27 bits per heavy atom. The minimum atomic E-state index is -0.0791. The Hall–Kier alpha value is -2.56. The quantitative estimate of drug-likeness (QED) is 0.866. The molecule has 0 spiro atoms. The van der Waals surface area contributed by atoms with Gasteiger partial charge >= 0.3 is 0 Å². The van der Waals surface area contributed by atoms with Gasteiger partial charge in [-0.05, 0) is 55.0 Å². The first-order chi connectivity index (χ1) is 12.7. The number of anilines is 1. The Morgan fingerprint density at radius 3 is 2.73 bits per heavy atom. The summed E-state index contributed by atoms with van der Waals surface area (Å²) < 4.78 is 5.15. The molecular formula is C21H27N3O2. The number of benzene rings is 1. The number of aromatic nitrogens is 1. The predicted octanol–water partition coefficient (Wildman–Crippen LogP) is 3.30. The molecule has 138 valence electrons. The number of ether oxygens (including phenoxy) is 1. The van der Waals surface area contributed by atoms with E-state index in [1.165, 1.54) is 18.4 Å². The van der Waals surface area contributed by atoms with Crippen molar-refractivity contribution >= 4 is 11.7 Å². The van der Waals surface area contributed by atoms with Crippen molar-refractivity contribution in [3.8, 4) is 5.75 Å². The van der Waals surface area contributed by atoms with Crippen molar-refractivity contribution in [2.45, 2.75) is 26.2 Å². The van der Waals surface area contributed by atoms with Gasteiger partial charge in [-0.15, -0.1) is 0 Å². The highest BCUT2D eigenvalue weighted by Crippen LogP contribution is 2.21. The fourth-order valence-electron chi connectivity index (χ4n) is 3.32. The standard InChI is InChI=1S/C21H27N3O2/c1-16-4-3-13-24(15-16)20-10-7-18(14-23-20)21(25)22-12-11-17-5-8-19(26-2)9-6-17/h5-10,14,16H,3-4,11-13,15H2,1-2H3,(H,22,25). The van der Waals surface area contributed by atoms with Crippen molar-refractivity contribution < 1.29 is 9.53 Å². The summed E-state index contributed by atoms with van der Waals surface area (Å²) in [6.07, 6.45) is 4.95. The smallest absolute Gasteiger partial charge is 0.252 e. The Bertz CT molecular complexity index is 713. The average Bonchev–Trinajstić information content (AvgIpc) is 2.68. The number of hydrogen-bond donors (Lipinski definition) is 1. The van der Waals surface area contributed by atoms with Crippen molar-refractivity contribution in [2.75, 3.05) is 31.6 Å². The molecule has 0 aliphatic carbocycles. The highest BCUT2D eigenvalue weighted by atomic mass is 16.5. The number of nitrogens with one attached hydrogen (secondary N) is 1. The monoisotopic (exact) mass is 353 g/mol. The zero-order valence-corrected chi connectivity index (χ0v) is 15.6. The zero-order valence-electron chi connectivity index (χ0n) is 15.6. The van der Waals surface area contributed by atoms with Crippen molar-refractivity contribution in [1.82, 2.24) is 10.3 Å². The molecular weight excluding hydrogens is 326 g/mol. The second kappa shape index (κ2) is 8.70. The summed E-state index contributed by atoms with van der Waals surface area (Å²) in [4.78, 5) is 19.1. The van der Waals surface area contributed by atoms with Gasteiger partial charge in [-0.25, -0.2) is 4.98 Å². The maximum atomic E-state index is 12.3. The van der Waals surface area contributed by atoms with E-state index in [1.807, 2.05) is 36.4 Å². The van der Waals surface area contributed by atoms with Crippen LogP contribution in [0.25, 0.3) is 0 Å². The van der Waals surface area contributed by atoms with Crippen LogP contribution in [0, 0.1) is 5.92 Å². The normalized spacial score (nSPS) is 17.0. The molecule has 5 heteroatoms. The van der Waals surface area contributed by atoms with Gasteiger partial charge in [-0.3, -0.25) is 4.79 Å². The summed E-state index contributed by atoms with van der Waals surface area (Å²) in [7, 11) is 1.65. The lowest BCUT2D eigenvalue weighted by Gasteiger charge is -2.31. The molecule has 1 aliphatic heterocycles. The van der Waals surface area contributed by atoms with E-state index in [2.05, 4.69) is 22.1 Å². The molecule has 0 saturated carbocycles. The first kappa shape index (κ1) is 18.2. The number of carbonyl (C=O) groups excluding carboxylic acids is 1. The van der Waals surface area contributed by atoms with Crippen LogP contribution in [-0.2, 0) is 6.42 Å². The van der Waals surface area contributed by atoms with E-state index in [4.69, 9.17) is 4.74 Å². The number of amides is 1. The summed E-state index contributed by atoms with van der Waals surface area (Å²) in [5.74, 6) is 2.43. The van der Waals surface area contributed by atoms with Gasteiger partial charge in [-0.1, -0.05) is 19.1 Å². The summed E-state index contributed by atoms with van der Waals surface area (Å²) >= 11 is 0. The largest absolute Gasteiger partial charge is 0.497 e. The minimum Gasteiger partial charge on any atom is -0.497 e. The maximum Gasteiger partial charge on any atom is 0.252 e. The number of nitrogens with zero attached hydrogens (tertiary/aromatic N) is 2. The van der Waals surface area contributed by atoms with Crippen LogP contribution in [0.2, 0.25) is 0 Å². The van der Waals surface area contributed by atoms with Crippen LogP contribution < -0.4 is 15.0 Å². The van der Waals surface area contributed by atoms with E-state index in [9.17, 15) is 4.79 Å². The van der Waals surface area contributed by atoms with Gasteiger partial charge in [0.15, 0.2) is 0 Å². The summed E-state index contributed by atoms with van der Waals surface area (Å²) in [5, 5.41) is 2.96. The lowest BCUT2D eigenvalue weighted by atomic mass is 10.0. The average molecular weight is 353 g/mol. The number of methoxy groups -OCH3 is 1. The van der Waals surface area contributed by atoms with Crippen molar-refractivity contribution in [2.24, 2.45) is 5.92 Å². The lowest BCUT2D eigenvalue weighted by Crippen LogP contribution is -2.34. The van der Waals surface area contributed by atoms with E-state index in [0.717, 1.165) is 31.1 Å². The highest BCUT2D eigenvalue weighted by Gasteiger charge is 2.17. The predicted molar refractivity (Wildman–Crippen MR) is 104 cm³/mol. The Morgan fingerprint density at radius 2 is 2.08 bits per heavy atom. The van der Waals surface area contributed by atoms with Gasteiger partial charge in [-0.2, -0.15) is 0 Å². The van der Waals surface area contributed by atoms with Crippen molar-refractivity contribution in [1.29, 1.82) is 0 Å². The van der Waals surface area contributed by atoms with E-state index in [-0.39, 0.29) is 5.91 Å². The molecule has 1 unspecified atom stereocenters. The van der Waals surface area contributed by atoms with Gasteiger partial charge in [0.05, 0.1) is 12.7 Å². The van der Waals surface area contributed by atoms with Crippen LogP contribution in [0.1, 0.15) is 35.7 Å². The van der Waals surface area contributed by atoms with Gasteiger partial charge < -0.3 is 15.0 Å². The summed E-state index contributed by atoms with van der Waals surface area (Å²) in [6, 6.07) is 11.7. The molecule has 1 aromatic heterocycles. The maximum absolute atomic E-state index is 12.3. The number of piperidine rings is 1. The number of carbonyl (C=O) groups is 1. The van der Waals surface area contributed by atoms with E-state index >= 15 is 0 Å². The number of hydrogen-bond acceptors (Lipinski definition) is 4. The molecule has 26 heavy (non-hydrogen) atoms. The van der Waals surface area contributed by atoms with Crippen LogP contribution in [0.15, 0.2) is 42.6 Å². The number of pyridine rings is 1. The molecule has 1 fully saturated rings. The molecule has 2 aromatic rings. The van der Waals surface area contributed by atoms with Gasteiger partial charge in [0.1, 0.15) is 11.6 Å². The first-order valence-electron chi connectivity index (χ1n) is 9.28. The van der Waals surface area contributed by atoms with Gasteiger partial charge in [0, 0.05) is 25.8 Å². The third kappa shape index (κ3) is 4.75. The second-order valence-corrected chi connectivity index (χ2v) is 6.95. The summed E-state index contributed by atoms with van der Waals surface area (Å²) in [5.41, 5.74) is 1.77. The number of rotatable bonds is 6. The van der Waals surface area contributed by atoms with E-state index < -0.39 is 0 Å². The van der Waals surface area contributed by atoms with Gasteiger partial charge in [0.25, 0.3) is 5.91 Å². The fourth-order valence-corrected chi connectivity index (χ4v) is 3.32. The Labute approximate surface area is 155 Å². The van der Waals surface area contributed by atoms with Crippen LogP contribution in [0.3, 0.4) is 0 Å². The van der Waals surface area contributed by atoms with Crippen LogP contribution in [0.4, 0.5) is 5.82 Å². The Balaban J connectivity index is 1.49. The molecule has 5 nitrogen and oxygen atoms in total. The first-order valence-corrected chi connectivity index (χ1v) is 9.28. The molecule has 1 N–H and O–H groups in total. The molecule has 1 amide bonds. The molecule has 1 aromatic carbocycles. The third-order valence-corrected chi connectivity index (χ3v) is 4.85. The summed E-state index contributed by atoms with van der Waals surface area (Å²) in [6.45, 7) is 4.96. The molecule has 1 aliphatic rings. The third-order valence-electron chi connectivity index (χ3n) is 4.85. The Kier molecular flexibility index (Phi) is 6.10. The lowest BCUT2D eigenvalue weighted by molar-refractivity contribution is 0.0954. The molecule has 0 bridgehead atoms. The van der Waals surface area contributed by atoms with E-state index in [0.29, 0.717) is 18.0 Å².